The number of para-hydroxylation sites is 1. The molecule has 0 fully saturated rings. The Balaban J connectivity index is 1.89. The molecule has 29 heavy (non-hydrogen) atoms. The standard InChI is InChI=1S/C20H24ClFN2O3S2/c1-3-15-7-4-5-10-19(15)24(29(2,26)27)13-20(25)23-11-12-28-14-16-17(21)8-6-9-18(16)22/h4-10H,3,11-14H2,1-2H3,(H,23,25). The van der Waals surface area contributed by atoms with Gasteiger partial charge in [0, 0.05) is 28.6 Å². The summed E-state index contributed by atoms with van der Waals surface area (Å²) in [6.07, 6.45) is 1.74. The predicted molar refractivity (Wildman–Crippen MR) is 119 cm³/mol. The number of carbonyl (C=O) groups excluding carboxylic acids is 1. The highest BCUT2D eigenvalue weighted by atomic mass is 35.5. The van der Waals surface area contributed by atoms with Gasteiger partial charge in [-0.15, -0.1) is 0 Å². The first-order valence-corrected chi connectivity index (χ1v) is 12.4. The van der Waals surface area contributed by atoms with E-state index in [1.807, 2.05) is 19.1 Å². The molecule has 1 N–H and O–H groups in total. The summed E-state index contributed by atoms with van der Waals surface area (Å²) >= 11 is 7.42. The number of rotatable bonds is 10. The SMILES string of the molecule is CCc1ccccc1N(CC(=O)NCCSCc1c(F)cccc1Cl)S(C)(=O)=O. The average Bonchev–Trinajstić information content (AvgIpc) is 2.67. The molecule has 0 saturated carbocycles. The summed E-state index contributed by atoms with van der Waals surface area (Å²) in [5.41, 5.74) is 1.80. The molecule has 0 saturated heterocycles. The Morgan fingerprint density at radius 3 is 2.59 bits per heavy atom. The Bertz CT molecular complexity index is 934. The van der Waals surface area contributed by atoms with Crippen LogP contribution in [0.1, 0.15) is 18.1 Å². The smallest absolute Gasteiger partial charge is 0.240 e. The lowest BCUT2D eigenvalue weighted by Crippen LogP contribution is -2.41. The van der Waals surface area contributed by atoms with Gasteiger partial charge in [0.2, 0.25) is 15.9 Å². The molecule has 0 aliphatic rings. The normalized spacial score (nSPS) is 11.3. The maximum Gasteiger partial charge on any atom is 0.240 e. The van der Waals surface area contributed by atoms with Crippen molar-refractivity contribution in [2.75, 3.05) is 29.4 Å². The first-order chi connectivity index (χ1) is 13.7. The summed E-state index contributed by atoms with van der Waals surface area (Å²) in [5, 5.41) is 3.09. The number of nitrogens with one attached hydrogen (secondary N) is 1. The molecule has 0 aliphatic heterocycles. The third-order valence-corrected chi connectivity index (χ3v) is 6.67. The molecule has 1 amide bonds. The number of hydrogen-bond acceptors (Lipinski definition) is 4. The lowest BCUT2D eigenvalue weighted by molar-refractivity contribution is -0.119. The fourth-order valence-corrected chi connectivity index (χ4v) is 4.81. The number of halogens is 2. The van der Waals surface area contributed by atoms with Crippen molar-refractivity contribution in [3.05, 3.63) is 64.4 Å². The van der Waals surface area contributed by atoms with E-state index in [1.165, 1.54) is 17.8 Å². The Morgan fingerprint density at radius 2 is 1.93 bits per heavy atom. The van der Waals surface area contributed by atoms with Crippen LogP contribution in [0.5, 0.6) is 0 Å². The van der Waals surface area contributed by atoms with E-state index in [0.29, 0.717) is 40.7 Å². The highest BCUT2D eigenvalue weighted by Crippen LogP contribution is 2.24. The van der Waals surface area contributed by atoms with Crippen molar-refractivity contribution in [1.29, 1.82) is 0 Å². The van der Waals surface area contributed by atoms with Crippen molar-refractivity contribution in [3.63, 3.8) is 0 Å². The molecule has 2 aromatic rings. The number of amides is 1. The van der Waals surface area contributed by atoms with E-state index < -0.39 is 15.9 Å². The second kappa shape index (κ2) is 10.8. The van der Waals surface area contributed by atoms with Crippen molar-refractivity contribution in [2.24, 2.45) is 0 Å². The van der Waals surface area contributed by atoms with Gasteiger partial charge < -0.3 is 5.32 Å². The molecule has 0 aliphatic carbocycles. The third kappa shape index (κ3) is 6.90. The molecular formula is C20H24ClFN2O3S2. The number of aryl methyl sites for hydroxylation is 1. The minimum absolute atomic E-state index is 0.292. The summed E-state index contributed by atoms with van der Waals surface area (Å²) in [7, 11) is -3.62. The fraction of sp³-hybridized carbons (Fsp3) is 0.350. The van der Waals surface area contributed by atoms with Gasteiger partial charge in [-0.3, -0.25) is 9.10 Å². The van der Waals surface area contributed by atoms with E-state index in [1.54, 1.807) is 24.3 Å². The van der Waals surface area contributed by atoms with Crippen molar-refractivity contribution in [3.8, 4) is 0 Å². The molecule has 9 heteroatoms. The molecule has 0 heterocycles. The number of anilines is 1. The lowest BCUT2D eigenvalue weighted by atomic mass is 10.1. The van der Waals surface area contributed by atoms with Gasteiger partial charge in [0.25, 0.3) is 0 Å². The van der Waals surface area contributed by atoms with Crippen LogP contribution in [0.15, 0.2) is 42.5 Å². The van der Waals surface area contributed by atoms with Crippen molar-refractivity contribution < 1.29 is 17.6 Å². The van der Waals surface area contributed by atoms with E-state index in [-0.39, 0.29) is 12.4 Å². The van der Waals surface area contributed by atoms with Gasteiger partial charge in [-0.2, -0.15) is 11.8 Å². The van der Waals surface area contributed by atoms with Crippen LogP contribution in [-0.2, 0) is 27.0 Å². The van der Waals surface area contributed by atoms with E-state index >= 15 is 0 Å². The first kappa shape index (κ1) is 23.5. The average molecular weight is 459 g/mol. The second-order valence-electron chi connectivity index (χ2n) is 6.35. The second-order valence-corrected chi connectivity index (χ2v) is 9.77. The van der Waals surface area contributed by atoms with Gasteiger partial charge in [-0.25, -0.2) is 12.8 Å². The van der Waals surface area contributed by atoms with Crippen LogP contribution >= 0.6 is 23.4 Å². The summed E-state index contributed by atoms with van der Waals surface area (Å²) in [4.78, 5) is 12.3. The molecule has 0 aromatic heterocycles. The zero-order valence-electron chi connectivity index (χ0n) is 16.3. The molecule has 0 bridgehead atoms. The third-order valence-electron chi connectivity index (χ3n) is 4.21. The van der Waals surface area contributed by atoms with Gasteiger partial charge >= 0.3 is 0 Å². The quantitative estimate of drug-likeness (QED) is 0.549. The Hall–Kier alpha value is -1.77. The van der Waals surface area contributed by atoms with Gasteiger partial charge in [-0.1, -0.05) is 42.8 Å². The lowest BCUT2D eigenvalue weighted by Gasteiger charge is -2.24. The summed E-state index contributed by atoms with van der Waals surface area (Å²) < 4.78 is 39.3. The molecule has 0 unspecified atom stereocenters. The van der Waals surface area contributed by atoms with Crippen LogP contribution in [0, 0.1) is 5.82 Å². The molecule has 0 atom stereocenters. The Labute approximate surface area is 180 Å². The number of hydrogen-bond donors (Lipinski definition) is 1. The summed E-state index contributed by atoms with van der Waals surface area (Å²) in [5.74, 6) is 0.180. The van der Waals surface area contributed by atoms with Gasteiger partial charge in [0.15, 0.2) is 0 Å². The maximum atomic E-state index is 13.7. The first-order valence-electron chi connectivity index (χ1n) is 9.07. The number of benzene rings is 2. The van der Waals surface area contributed by atoms with Crippen molar-refractivity contribution >= 4 is 45.0 Å². The monoisotopic (exact) mass is 458 g/mol. The summed E-state index contributed by atoms with van der Waals surface area (Å²) in [6.45, 7) is 1.97. The molecule has 2 rings (SSSR count). The van der Waals surface area contributed by atoms with Crippen LogP contribution in [0.4, 0.5) is 10.1 Å². The minimum Gasteiger partial charge on any atom is -0.354 e. The summed E-state index contributed by atoms with van der Waals surface area (Å²) in [6, 6.07) is 11.7. The molecule has 0 spiro atoms. The molecule has 2 aromatic carbocycles. The van der Waals surface area contributed by atoms with Gasteiger partial charge in [0.1, 0.15) is 12.4 Å². The Morgan fingerprint density at radius 1 is 1.21 bits per heavy atom. The van der Waals surface area contributed by atoms with E-state index in [4.69, 9.17) is 11.6 Å². The van der Waals surface area contributed by atoms with Crippen LogP contribution in [-0.4, -0.2) is 39.4 Å². The van der Waals surface area contributed by atoms with Crippen molar-refractivity contribution in [2.45, 2.75) is 19.1 Å². The minimum atomic E-state index is -3.62. The predicted octanol–water partition coefficient (Wildman–Crippen LogP) is 3.86. The van der Waals surface area contributed by atoms with E-state index in [0.717, 1.165) is 16.1 Å². The van der Waals surface area contributed by atoms with E-state index in [9.17, 15) is 17.6 Å². The molecule has 0 radical (unpaired) electrons. The highest BCUT2D eigenvalue weighted by Gasteiger charge is 2.22. The number of thioether (sulfide) groups is 1. The molecule has 158 valence electrons. The van der Waals surface area contributed by atoms with Crippen LogP contribution in [0.2, 0.25) is 5.02 Å². The Kier molecular flexibility index (Phi) is 8.79. The largest absolute Gasteiger partial charge is 0.354 e. The highest BCUT2D eigenvalue weighted by molar-refractivity contribution is 7.98. The molecule has 5 nitrogen and oxygen atoms in total. The van der Waals surface area contributed by atoms with Crippen molar-refractivity contribution in [1.82, 2.24) is 5.32 Å². The van der Waals surface area contributed by atoms with Gasteiger partial charge in [-0.05, 0) is 30.2 Å². The van der Waals surface area contributed by atoms with Crippen LogP contribution in [0.3, 0.4) is 0 Å². The van der Waals surface area contributed by atoms with Crippen LogP contribution in [0.25, 0.3) is 0 Å². The number of carbonyl (C=O) groups is 1. The van der Waals surface area contributed by atoms with Gasteiger partial charge in [0.05, 0.1) is 11.9 Å². The molecular weight excluding hydrogens is 435 g/mol. The fourth-order valence-electron chi connectivity index (χ4n) is 2.73. The number of sulfonamides is 1. The topological polar surface area (TPSA) is 66.5 Å². The maximum absolute atomic E-state index is 13.7. The number of nitrogens with zero attached hydrogens (tertiary/aromatic N) is 1. The van der Waals surface area contributed by atoms with Crippen LogP contribution < -0.4 is 9.62 Å². The zero-order valence-corrected chi connectivity index (χ0v) is 18.7. The zero-order chi connectivity index (χ0) is 21.4. The van der Waals surface area contributed by atoms with E-state index in [2.05, 4.69) is 5.32 Å².